The van der Waals surface area contributed by atoms with E-state index in [1.165, 1.54) is 4.57 Å². The van der Waals surface area contributed by atoms with Crippen molar-refractivity contribution in [3.63, 3.8) is 0 Å². The van der Waals surface area contributed by atoms with Gasteiger partial charge in [0, 0.05) is 12.7 Å². The molecule has 1 aliphatic rings. The van der Waals surface area contributed by atoms with E-state index in [1.54, 1.807) is 18.7 Å². The second-order valence-electron chi connectivity index (χ2n) is 5.98. The van der Waals surface area contributed by atoms with E-state index in [0.717, 1.165) is 5.69 Å². The van der Waals surface area contributed by atoms with Crippen molar-refractivity contribution in [1.29, 1.82) is 0 Å². The monoisotopic (exact) mass is 343 g/mol. The van der Waals surface area contributed by atoms with Crippen LogP contribution in [0.5, 0.6) is 5.75 Å². The van der Waals surface area contributed by atoms with E-state index in [2.05, 4.69) is 9.97 Å². The van der Waals surface area contributed by atoms with Crippen LogP contribution in [0.25, 0.3) is 11.2 Å². The average molecular weight is 343 g/mol. The molecule has 1 atom stereocenters. The molecule has 1 aromatic carbocycles. The Kier molecular flexibility index (Phi) is 3.39. The molecule has 2 N–H and O–H groups in total. The van der Waals surface area contributed by atoms with Crippen LogP contribution < -0.4 is 20.9 Å². The fraction of sp³-hybridized carbons (Fsp3) is 0.312. The maximum atomic E-state index is 12.3. The minimum absolute atomic E-state index is 0.236. The standard InChI is InChI=1S/C16H17N5O4/c1-19-13-12(14(23)18-16(19)24)21-8-10(22)7-20(15(21)17-13)9-3-5-11(25-2)6-4-9/h3-6,10,22H,7-8H2,1-2H3,(H,18,23,24). The minimum Gasteiger partial charge on any atom is -0.497 e. The van der Waals surface area contributed by atoms with Gasteiger partial charge in [0.2, 0.25) is 5.95 Å². The number of aliphatic hydroxyl groups is 1. The van der Waals surface area contributed by atoms with Gasteiger partial charge in [-0.05, 0) is 24.3 Å². The quantitative estimate of drug-likeness (QED) is 0.676. The summed E-state index contributed by atoms with van der Waals surface area (Å²) in [5.41, 5.74) is 0.327. The van der Waals surface area contributed by atoms with Gasteiger partial charge in [0.1, 0.15) is 5.75 Å². The van der Waals surface area contributed by atoms with Crippen LogP contribution >= 0.6 is 0 Å². The molecule has 2 aromatic heterocycles. The number of nitrogens with zero attached hydrogens (tertiary/aromatic N) is 4. The summed E-state index contributed by atoms with van der Waals surface area (Å²) in [6, 6.07) is 7.32. The predicted octanol–water partition coefficient (Wildman–Crippen LogP) is -0.0555. The molecular formula is C16H17N5O4. The first-order valence-corrected chi connectivity index (χ1v) is 7.79. The van der Waals surface area contributed by atoms with Crippen LogP contribution in [-0.2, 0) is 13.6 Å². The Balaban J connectivity index is 1.95. The van der Waals surface area contributed by atoms with Gasteiger partial charge in [-0.1, -0.05) is 0 Å². The molecule has 3 aromatic rings. The Morgan fingerprint density at radius 3 is 2.64 bits per heavy atom. The number of anilines is 2. The van der Waals surface area contributed by atoms with Crippen molar-refractivity contribution >= 4 is 22.8 Å². The first-order valence-electron chi connectivity index (χ1n) is 7.79. The van der Waals surface area contributed by atoms with Crippen molar-refractivity contribution in [2.75, 3.05) is 18.6 Å². The lowest BCUT2D eigenvalue weighted by Crippen LogP contribution is -2.39. The second-order valence-corrected chi connectivity index (χ2v) is 5.98. The van der Waals surface area contributed by atoms with E-state index in [9.17, 15) is 14.7 Å². The zero-order valence-electron chi connectivity index (χ0n) is 13.8. The number of ether oxygens (including phenoxy) is 1. The second kappa shape index (κ2) is 5.49. The molecule has 0 saturated carbocycles. The van der Waals surface area contributed by atoms with E-state index >= 15 is 0 Å². The summed E-state index contributed by atoms with van der Waals surface area (Å²) >= 11 is 0. The molecule has 0 fully saturated rings. The molecule has 0 radical (unpaired) electrons. The highest BCUT2D eigenvalue weighted by Gasteiger charge is 2.29. The molecule has 0 aliphatic carbocycles. The number of methoxy groups -OCH3 is 1. The zero-order valence-corrected chi connectivity index (χ0v) is 13.8. The van der Waals surface area contributed by atoms with Gasteiger partial charge in [-0.3, -0.25) is 14.3 Å². The summed E-state index contributed by atoms with van der Waals surface area (Å²) in [6.07, 6.45) is -0.677. The largest absolute Gasteiger partial charge is 0.497 e. The molecule has 25 heavy (non-hydrogen) atoms. The van der Waals surface area contributed by atoms with Gasteiger partial charge >= 0.3 is 5.69 Å². The summed E-state index contributed by atoms with van der Waals surface area (Å²) in [7, 11) is 3.14. The number of rotatable bonds is 2. The number of H-pyrrole nitrogens is 1. The third-order valence-electron chi connectivity index (χ3n) is 4.40. The smallest absolute Gasteiger partial charge is 0.329 e. The van der Waals surface area contributed by atoms with Crippen LogP contribution in [0.3, 0.4) is 0 Å². The van der Waals surface area contributed by atoms with Crippen molar-refractivity contribution in [2.24, 2.45) is 7.05 Å². The van der Waals surface area contributed by atoms with Crippen LogP contribution in [0.2, 0.25) is 0 Å². The number of benzene rings is 1. The lowest BCUT2D eigenvalue weighted by molar-refractivity contribution is 0.154. The molecule has 4 rings (SSSR count). The molecule has 9 heteroatoms. The van der Waals surface area contributed by atoms with Crippen LogP contribution in [0.1, 0.15) is 0 Å². The number of aromatic nitrogens is 4. The maximum absolute atomic E-state index is 12.3. The number of nitrogens with one attached hydrogen (secondary N) is 1. The molecule has 1 aliphatic heterocycles. The molecule has 9 nitrogen and oxygen atoms in total. The Morgan fingerprint density at radius 2 is 1.96 bits per heavy atom. The molecule has 130 valence electrons. The number of hydrogen-bond acceptors (Lipinski definition) is 6. The number of aromatic amines is 1. The van der Waals surface area contributed by atoms with Gasteiger partial charge in [0.05, 0.1) is 26.3 Å². The Labute approximate surface area is 141 Å². The van der Waals surface area contributed by atoms with E-state index in [-0.39, 0.29) is 17.7 Å². The van der Waals surface area contributed by atoms with Gasteiger partial charge in [-0.2, -0.15) is 4.98 Å². The highest BCUT2D eigenvalue weighted by Crippen LogP contribution is 2.31. The SMILES string of the molecule is COc1ccc(N2CC(O)Cn3c2nc2c3c(=O)[nH]c(=O)n2C)cc1. The van der Waals surface area contributed by atoms with Gasteiger partial charge in [0.15, 0.2) is 11.2 Å². The van der Waals surface area contributed by atoms with Crippen LogP contribution in [-0.4, -0.2) is 44.0 Å². The fourth-order valence-electron chi connectivity index (χ4n) is 3.15. The zero-order chi connectivity index (χ0) is 17.7. The Morgan fingerprint density at radius 1 is 1.24 bits per heavy atom. The average Bonchev–Trinajstić information content (AvgIpc) is 2.99. The number of imidazole rings is 1. The number of hydrogen-bond donors (Lipinski definition) is 2. The van der Waals surface area contributed by atoms with Gasteiger partial charge in [-0.25, -0.2) is 4.79 Å². The lowest BCUT2D eigenvalue weighted by atomic mass is 10.2. The van der Waals surface area contributed by atoms with Gasteiger partial charge in [-0.15, -0.1) is 0 Å². The first kappa shape index (κ1) is 15.5. The summed E-state index contributed by atoms with van der Waals surface area (Å²) in [5, 5.41) is 10.3. The molecule has 3 heterocycles. The number of fused-ring (bicyclic) bond motifs is 3. The lowest BCUT2D eigenvalue weighted by Gasteiger charge is -2.32. The molecule has 0 saturated heterocycles. The van der Waals surface area contributed by atoms with E-state index in [0.29, 0.717) is 18.2 Å². The van der Waals surface area contributed by atoms with Crippen LogP contribution in [0.15, 0.2) is 33.9 Å². The van der Waals surface area contributed by atoms with E-state index in [4.69, 9.17) is 4.74 Å². The van der Waals surface area contributed by atoms with Crippen molar-refractivity contribution in [3.8, 4) is 5.75 Å². The molecule has 0 amide bonds. The van der Waals surface area contributed by atoms with Crippen molar-refractivity contribution < 1.29 is 9.84 Å². The third-order valence-corrected chi connectivity index (χ3v) is 4.40. The predicted molar refractivity (Wildman–Crippen MR) is 91.6 cm³/mol. The van der Waals surface area contributed by atoms with Crippen molar-refractivity contribution in [2.45, 2.75) is 12.6 Å². The van der Waals surface area contributed by atoms with Gasteiger partial charge < -0.3 is 19.3 Å². The highest BCUT2D eigenvalue weighted by atomic mass is 16.5. The minimum atomic E-state index is -0.677. The number of β-amino-alcohol motifs (C(OH)–C–C–N with tert-alkyl or cyclic N) is 1. The topological polar surface area (TPSA) is 105 Å². The number of aryl methyl sites for hydroxylation is 1. The van der Waals surface area contributed by atoms with Crippen LogP contribution in [0.4, 0.5) is 11.6 Å². The van der Waals surface area contributed by atoms with Gasteiger partial charge in [0.25, 0.3) is 5.56 Å². The molecule has 0 bridgehead atoms. The fourth-order valence-corrected chi connectivity index (χ4v) is 3.15. The number of aliphatic hydroxyl groups excluding tert-OH is 1. The molecular weight excluding hydrogens is 326 g/mol. The Bertz CT molecular complexity index is 1060. The summed E-state index contributed by atoms with van der Waals surface area (Å²) in [5.74, 6) is 1.23. The normalized spacial score (nSPS) is 16.9. The van der Waals surface area contributed by atoms with Crippen molar-refractivity contribution in [3.05, 3.63) is 45.1 Å². The maximum Gasteiger partial charge on any atom is 0.329 e. The summed E-state index contributed by atoms with van der Waals surface area (Å²) < 4.78 is 8.10. The first-order chi connectivity index (χ1) is 12.0. The van der Waals surface area contributed by atoms with Crippen LogP contribution in [0, 0.1) is 0 Å². The third kappa shape index (κ3) is 2.31. The van der Waals surface area contributed by atoms with Crippen molar-refractivity contribution in [1.82, 2.24) is 19.1 Å². The summed E-state index contributed by atoms with van der Waals surface area (Å²) in [6.45, 7) is 0.571. The van der Waals surface area contributed by atoms with E-state index in [1.807, 2.05) is 29.2 Å². The highest BCUT2D eigenvalue weighted by molar-refractivity contribution is 5.77. The molecule has 0 spiro atoms. The Hall–Kier alpha value is -3.07. The summed E-state index contributed by atoms with van der Waals surface area (Å²) in [4.78, 5) is 32.7. The van der Waals surface area contributed by atoms with E-state index < -0.39 is 17.4 Å². The molecule has 1 unspecified atom stereocenters.